The number of hydrogen-bond acceptors (Lipinski definition) is 4. The van der Waals surface area contributed by atoms with Gasteiger partial charge >= 0.3 is 0 Å². The van der Waals surface area contributed by atoms with Crippen LogP contribution >= 0.6 is 0 Å². The SMILES string of the molecule is CNC(C1CCc2cccnc21)C1CN(C)CCCN1C. The number of nitrogens with zero attached hydrogens (tertiary/aromatic N) is 3. The van der Waals surface area contributed by atoms with Crippen LogP contribution < -0.4 is 5.32 Å². The highest BCUT2D eigenvalue weighted by molar-refractivity contribution is 5.30. The van der Waals surface area contributed by atoms with Gasteiger partial charge in [-0.2, -0.15) is 0 Å². The van der Waals surface area contributed by atoms with Crippen LogP contribution in [0.15, 0.2) is 18.3 Å². The maximum atomic E-state index is 4.70. The lowest BCUT2D eigenvalue weighted by molar-refractivity contribution is 0.166. The van der Waals surface area contributed by atoms with Crippen LogP contribution in [0.25, 0.3) is 0 Å². The molecule has 3 atom stereocenters. The van der Waals surface area contributed by atoms with Crippen molar-refractivity contribution < 1.29 is 0 Å². The molecule has 1 aliphatic heterocycles. The zero-order chi connectivity index (χ0) is 14.8. The average Bonchev–Trinajstić information content (AvgIpc) is 2.83. The number of nitrogens with one attached hydrogen (secondary N) is 1. The number of aromatic nitrogens is 1. The molecule has 0 bridgehead atoms. The first-order valence-corrected chi connectivity index (χ1v) is 8.20. The van der Waals surface area contributed by atoms with Crippen LogP contribution in [0.5, 0.6) is 0 Å². The number of fused-ring (bicyclic) bond motifs is 1. The largest absolute Gasteiger partial charge is 0.315 e. The summed E-state index contributed by atoms with van der Waals surface area (Å²) in [7, 11) is 6.65. The molecule has 0 spiro atoms. The van der Waals surface area contributed by atoms with Crippen LogP contribution in [0.1, 0.15) is 30.0 Å². The van der Waals surface area contributed by atoms with Gasteiger partial charge in [0, 0.05) is 36.4 Å². The molecule has 21 heavy (non-hydrogen) atoms. The molecule has 0 radical (unpaired) electrons. The van der Waals surface area contributed by atoms with Crippen molar-refractivity contribution in [3.63, 3.8) is 0 Å². The zero-order valence-electron chi connectivity index (χ0n) is 13.5. The molecule has 3 unspecified atom stereocenters. The van der Waals surface area contributed by atoms with Crippen LogP contribution in [0.3, 0.4) is 0 Å². The lowest BCUT2D eigenvalue weighted by atomic mass is 9.90. The van der Waals surface area contributed by atoms with Gasteiger partial charge in [0.15, 0.2) is 0 Å². The second-order valence-electron chi connectivity index (χ2n) is 6.67. The van der Waals surface area contributed by atoms with Crippen molar-refractivity contribution in [1.29, 1.82) is 0 Å². The molecule has 2 aliphatic rings. The van der Waals surface area contributed by atoms with Crippen molar-refractivity contribution >= 4 is 0 Å². The first-order valence-electron chi connectivity index (χ1n) is 8.20. The Morgan fingerprint density at radius 2 is 2.19 bits per heavy atom. The van der Waals surface area contributed by atoms with Gasteiger partial charge in [-0.25, -0.2) is 0 Å². The Labute approximate surface area is 128 Å². The minimum Gasteiger partial charge on any atom is -0.315 e. The predicted octanol–water partition coefficient (Wildman–Crippen LogP) is 1.34. The summed E-state index contributed by atoms with van der Waals surface area (Å²) < 4.78 is 0. The Morgan fingerprint density at radius 1 is 1.33 bits per heavy atom. The van der Waals surface area contributed by atoms with Crippen LogP contribution in [-0.2, 0) is 6.42 Å². The Balaban J connectivity index is 1.84. The summed E-state index contributed by atoms with van der Waals surface area (Å²) in [5, 5.41) is 3.63. The van der Waals surface area contributed by atoms with E-state index in [1.807, 2.05) is 6.20 Å². The van der Waals surface area contributed by atoms with Gasteiger partial charge < -0.3 is 15.1 Å². The topological polar surface area (TPSA) is 31.4 Å². The quantitative estimate of drug-likeness (QED) is 0.909. The second kappa shape index (κ2) is 6.42. The maximum absolute atomic E-state index is 4.70. The molecule has 116 valence electrons. The van der Waals surface area contributed by atoms with Gasteiger partial charge in [0.05, 0.1) is 0 Å². The fraction of sp³-hybridized carbons (Fsp3) is 0.706. The summed E-state index contributed by atoms with van der Waals surface area (Å²) in [5.74, 6) is 0.546. The summed E-state index contributed by atoms with van der Waals surface area (Å²) in [4.78, 5) is 9.73. The fourth-order valence-electron chi connectivity index (χ4n) is 4.15. The summed E-state index contributed by atoms with van der Waals surface area (Å²) >= 11 is 0. The van der Waals surface area contributed by atoms with Gasteiger partial charge in [-0.05, 0) is 65.1 Å². The van der Waals surface area contributed by atoms with Gasteiger partial charge in [0.25, 0.3) is 0 Å². The minimum atomic E-state index is 0.478. The van der Waals surface area contributed by atoms with Crippen molar-refractivity contribution in [1.82, 2.24) is 20.1 Å². The molecule has 0 aromatic carbocycles. The summed E-state index contributed by atoms with van der Waals surface area (Å²) in [6.07, 6.45) is 5.62. The van der Waals surface area contributed by atoms with Crippen molar-refractivity contribution in [3.05, 3.63) is 29.6 Å². The van der Waals surface area contributed by atoms with E-state index in [1.54, 1.807) is 0 Å². The molecule has 0 saturated carbocycles. The second-order valence-corrected chi connectivity index (χ2v) is 6.67. The molecular formula is C17H28N4. The van der Waals surface area contributed by atoms with E-state index in [2.05, 4.69) is 48.4 Å². The van der Waals surface area contributed by atoms with Crippen LogP contribution in [-0.4, -0.2) is 67.6 Å². The zero-order valence-corrected chi connectivity index (χ0v) is 13.5. The van der Waals surface area contributed by atoms with E-state index < -0.39 is 0 Å². The molecule has 2 heterocycles. The van der Waals surface area contributed by atoms with E-state index in [-0.39, 0.29) is 0 Å². The molecule has 0 amide bonds. The van der Waals surface area contributed by atoms with Gasteiger partial charge in [-0.3, -0.25) is 4.98 Å². The third-order valence-electron chi connectivity index (χ3n) is 5.30. The van der Waals surface area contributed by atoms with Gasteiger partial charge in [0.2, 0.25) is 0 Å². The lowest BCUT2D eigenvalue weighted by Gasteiger charge is -2.37. The molecule has 1 saturated heterocycles. The molecule has 4 nitrogen and oxygen atoms in total. The number of hydrogen-bond donors (Lipinski definition) is 1. The van der Waals surface area contributed by atoms with E-state index in [4.69, 9.17) is 4.98 Å². The normalized spacial score (nSPS) is 29.1. The predicted molar refractivity (Wildman–Crippen MR) is 86.7 cm³/mol. The van der Waals surface area contributed by atoms with Crippen LogP contribution in [0.2, 0.25) is 0 Å². The maximum Gasteiger partial charge on any atom is 0.0482 e. The summed E-state index contributed by atoms with van der Waals surface area (Å²) in [6.45, 7) is 3.53. The van der Waals surface area contributed by atoms with Crippen molar-refractivity contribution in [2.75, 3.05) is 40.8 Å². The molecular weight excluding hydrogens is 260 g/mol. The van der Waals surface area contributed by atoms with E-state index in [0.717, 1.165) is 6.54 Å². The smallest absolute Gasteiger partial charge is 0.0482 e. The molecule has 4 heteroatoms. The van der Waals surface area contributed by atoms with Gasteiger partial charge in [0.1, 0.15) is 0 Å². The Kier molecular flexibility index (Phi) is 4.57. The molecule has 1 aromatic rings. The molecule has 1 N–H and O–H groups in total. The highest BCUT2D eigenvalue weighted by Crippen LogP contribution is 2.35. The van der Waals surface area contributed by atoms with Gasteiger partial charge in [-0.15, -0.1) is 0 Å². The minimum absolute atomic E-state index is 0.478. The number of pyridine rings is 1. The Hall–Kier alpha value is -0.970. The first kappa shape index (κ1) is 14.9. The first-order chi connectivity index (χ1) is 10.2. The van der Waals surface area contributed by atoms with Crippen molar-refractivity contribution in [3.8, 4) is 0 Å². The number of rotatable bonds is 3. The van der Waals surface area contributed by atoms with Crippen molar-refractivity contribution in [2.24, 2.45) is 0 Å². The summed E-state index contributed by atoms with van der Waals surface area (Å²) in [6, 6.07) is 5.35. The third kappa shape index (κ3) is 2.98. The highest BCUT2D eigenvalue weighted by Gasteiger charge is 2.37. The molecule has 3 rings (SSSR count). The average molecular weight is 288 g/mol. The van der Waals surface area contributed by atoms with Crippen LogP contribution in [0, 0.1) is 0 Å². The standard InChI is InChI=1S/C17H28N4/c1-18-17(15-12-20(2)10-5-11-21(15)3)14-8-7-13-6-4-9-19-16(13)14/h4,6,9,14-15,17-18H,5,7-8,10-12H2,1-3H3. The van der Waals surface area contributed by atoms with E-state index in [1.165, 1.54) is 43.6 Å². The van der Waals surface area contributed by atoms with E-state index >= 15 is 0 Å². The van der Waals surface area contributed by atoms with E-state index in [0.29, 0.717) is 18.0 Å². The Bertz CT molecular complexity index is 476. The summed E-state index contributed by atoms with van der Waals surface area (Å²) in [5.41, 5.74) is 2.78. The fourth-order valence-corrected chi connectivity index (χ4v) is 4.15. The number of aryl methyl sites for hydroxylation is 1. The Morgan fingerprint density at radius 3 is 3.00 bits per heavy atom. The van der Waals surface area contributed by atoms with Crippen LogP contribution in [0.4, 0.5) is 0 Å². The van der Waals surface area contributed by atoms with Gasteiger partial charge in [-0.1, -0.05) is 6.07 Å². The molecule has 1 fully saturated rings. The lowest BCUT2D eigenvalue weighted by Crippen LogP contribution is -2.53. The van der Waals surface area contributed by atoms with Crippen molar-refractivity contribution in [2.45, 2.75) is 37.3 Å². The molecule has 1 aliphatic carbocycles. The third-order valence-corrected chi connectivity index (χ3v) is 5.30. The highest BCUT2D eigenvalue weighted by atomic mass is 15.2. The monoisotopic (exact) mass is 288 g/mol. The van der Waals surface area contributed by atoms with E-state index in [9.17, 15) is 0 Å². The molecule has 1 aromatic heterocycles. The number of likely N-dealkylation sites (N-methyl/N-ethyl adjacent to an activating group) is 3.